The summed E-state index contributed by atoms with van der Waals surface area (Å²) in [5, 5.41) is 11.3. The van der Waals surface area contributed by atoms with Crippen molar-refractivity contribution in [1.29, 1.82) is 0 Å². The average Bonchev–Trinajstić information content (AvgIpc) is 3.09. The lowest BCUT2D eigenvalue weighted by Gasteiger charge is -2.57. The van der Waals surface area contributed by atoms with Gasteiger partial charge >= 0.3 is 5.97 Å². The first-order chi connectivity index (χ1) is 15.2. The third kappa shape index (κ3) is 4.03. The lowest BCUT2D eigenvalue weighted by Crippen LogP contribution is -2.58. The maximum absolute atomic E-state index is 12.0. The number of carbonyl (C=O) groups is 1. The van der Waals surface area contributed by atoms with Crippen molar-refractivity contribution in [1.82, 2.24) is 0 Å². The second-order valence-electron chi connectivity index (χ2n) is 10.7. The average molecular weight is 449 g/mol. The molecule has 0 radical (unpaired) electrons. The topological polar surface area (TPSA) is 74.2 Å². The molecule has 0 amide bonds. The number of allylic oxidation sites excluding steroid dienone is 1. The molecule has 1 aliphatic heterocycles. The van der Waals surface area contributed by atoms with Crippen molar-refractivity contribution in [3.8, 4) is 0 Å². The van der Waals surface area contributed by atoms with Crippen LogP contribution in [0.5, 0.6) is 0 Å². The summed E-state index contributed by atoms with van der Waals surface area (Å²) < 4.78 is 12.0. The molecular weight excluding hydrogens is 408 g/mol. The largest absolute Gasteiger partial charge is 0.459 e. The van der Waals surface area contributed by atoms with Gasteiger partial charge in [-0.25, -0.2) is 0 Å². The Morgan fingerprint density at radius 1 is 1.28 bits per heavy atom. The van der Waals surface area contributed by atoms with E-state index >= 15 is 0 Å². The molecule has 3 fully saturated rings. The van der Waals surface area contributed by atoms with Crippen LogP contribution >= 0.6 is 0 Å². The van der Waals surface area contributed by atoms with Crippen molar-refractivity contribution < 1.29 is 29.1 Å². The summed E-state index contributed by atoms with van der Waals surface area (Å²) in [6.07, 6.45) is 7.92. The summed E-state index contributed by atoms with van der Waals surface area (Å²) in [6.45, 7) is 12.8. The van der Waals surface area contributed by atoms with Crippen LogP contribution in [0, 0.1) is 22.7 Å². The van der Waals surface area contributed by atoms with Gasteiger partial charge in [0, 0.05) is 24.2 Å². The normalized spacial score (nSPS) is 42.8. The van der Waals surface area contributed by atoms with E-state index in [1.807, 2.05) is 6.92 Å². The van der Waals surface area contributed by atoms with Crippen LogP contribution in [0.25, 0.3) is 0 Å². The summed E-state index contributed by atoms with van der Waals surface area (Å²) in [5.41, 5.74) is 1.05. The molecule has 0 aromatic heterocycles. The molecule has 6 nitrogen and oxygen atoms in total. The van der Waals surface area contributed by atoms with Gasteiger partial charge in [0.2, 0.25) is 0 Å². The maximum atomic E-state index is 12.0. The zero-order valence-electron chi connectivity index (χ0n) is 20.1. The molecular formula is C26H40O6. The zero-order chi connectivity index (χ0) is 23.1. The Labute approximate surface area is 192 Å². The number of hydrogen-bond donors (Lipinski definition) is 1. The SMILES string of the molecule is C=C(CCC)OO[C@H]1CC[C@@]2(C)C(=C[C@H](O)C3C4OCC(OC(=O)CC)[C@@]4(C)CCC32)C1. The van der Waals surface area contributed by atoms with Crippen LogP contribution in [-0.4, -0.2) is 42.1 Å². The Morgan fingerprint density at radius 3 is 2.78 bits per heavy atom. The molecule has 3 aliphatic carbocycles. The molecule has 4 aliphatic rings. The summed E-state index contributed by atoms with van der Waals surface area (Å²) in [6, 6.07) is 0. The van der Waals surface area contributed by atoms with Crippen LogP contribution in [0.15, 0.2) is 24.0 Å². The Balaban J connectivity index is 1.49. The van der Waals surface area contributed by atoms with Gasteiger partial charge in [-0.2, -0.15) is 4.89 Å². The third-order valence-corrected chi connectivity index (χ3v) is 8.77. The molecule has 4 unspecified atom stereocenters. The molecule has 32 heavy (non-hydrogen) atoms. The fourth-order valence-corrected chi connectivity index (χ4v) is 6.79. The second kappa shape index (κ2) is 9.11. The maximum Gasteiger partial charge on any atom is 0.305 e. The van der Waals surface area contributed by atoms with E-state index in [4.69, 9.17) is 19.2 Å². The van der Waals surface area contributed by atoms with Gasteiger partial charge in [-0.05, 0) is 49.9 Å². The first kappa shape index (κ1) is 23.8. The number of carbonyl (C=O) groups excluding carboxylic acids is 1. The number of esters is 1. The minimum atomic E-state index is -0.567. The van der Waals surface area contributed by atoms with E-state index in [9.17, 15) is 9.90 Å². The van der Waals surface area contributed by atoms with Gasteiger partial charge in [0.1, 0.15) is 18.0 Å². The summed E-state index contributed by atoms with van der Waals surface area (Å²) in [4.78, 5) is 23.1. The summed E-state index contributed by atoms with van der Waals surface area (Å²) in [5.74, 6) is 0.851. The Kier molecular flexibility index (Phi) is 6.77. The van der Waals surface area contributed by atoms with Crippen LogP contribution in [0.1, 0.15) is 79.1 Å². The van der Waals surface area contributed by atoms with Crippen molar-refractivity contribution in [3.63, 3.8) is 0 Å². The number of aliphatic hydroxyl groups is 1. The van der Waals surface area contributed by atoms with E-state index < -0.39 is 6.10 Å². The predicted octanol–water partition coefficient (Wildman–Crippen LogP) is 4.86. The van der Waals surface area contributed by atoms with Crippen LogP contribution in [0.4, 0.5) is 0 Å². The molecule has 6 heteroatoms. The van der Waals surface area contributed by atoms with Crippen LogP contribution in [0.3, 0.4) is 0 Å². The van der Waals surface area contributed by atoms with E-state index in [1.165, 1.54) is 5.57 Å². The van der Waals surface area contributed by atoms with E-state index in [1.54, 1.807) is 0 Å². The highest BCUT2D eigenvalue weighted by atomic mass is 17.2. The van der Waals surface area contributed by atoms with Crippen molar-refractivity contribution in [2.75, 3.05) is 6.61 Å². The summed E-state index contributed by atoms with van der Waals surface area (Å²) in [7, 11) is 0. The first-order valence-electron chi connectivity index (χ1n) is 12.4. The van der Waals surface area contributed by atoms with Crippen molar-refractivity contribution in [2.45, 2.75) is 103 Å². The lowest BCUT2D eigenvalue weighted by molar-refractivity contribution is -0.301. The Bertz CT molecular complexity index is 761. The molecule has 8 atom stereocenters. The van der Waals surface area contributed by atoms with Gasteiger partial charge in [-0.1, -0.05) is 45.9 Å². The molecule has 0 spiro atoms. The quantitative estimate of drug-likeness (QED) is 0.197. The van der Waals surface area contributed by atoms with Gasteiger partial charge in [0.25, 0.3) is 0 Å². The second-order valence-corrected chi connectivity index (χ2v) is 10.7. The Morgan fingerprint density at radius 2 is 2.06 bits per heavy atom. The number of hydrogen-bond acceptors (Lipinski definition) is 6. The highest BCUT2D eigenvalue weighted by Crippen LogP contribution is 2.62. The highest BCUT2D eigenvalue weighted by Gasteiger charge is 2.63. The molecule has 1 heterocycles. The zero-order valence-corrected chi connectivity index (χ0v) is 20.1. The van der Waals surface area contributed by atoms with E-state index in [2.05, 4.69) is 33.4 Å². The van der Waals surface area contributed by atoms with Crippen molar-refractivity contribution in [2.24, 2.45) is 22.7 Å². The minimum Gasteiger partial charge on any atom is -0.459 e. The van der Waals surface area contributed by atoms with Crippen LogP contribution in [-0.2, 0) is 24.0 Å². The van der Waals surface area contributed by atoms with Gasteiger partial charge in [0.05, 0.1) is 18.8 Å². The van der Waals surface area contributed by atoms with Gasteiger partial charge < -0.3 is 19.5 Å². The van der Waals surface area contributed by atoms with Gasteiger partial charge in [0.15, 0.2) is 0 Å². The summed E-state index contributed by atoms with van der Waals surface area (Å²) >= 11 is 0. The fourth-order valence-electron chi connectivity index (χ4n) is 6.79. The third-order valence-electron chi connectivity index (χ3n) is 8.77. The van der Waals surface area contributed by atoms with Crippen molar-refractivity contribution in [3.05, 3.63) is 24.0 Å². The molecule has 0 aromatic rings. The Hall–Kier alpha value is -1.37. The fraction of sp³-hybridized carbons (Fsp3) is 0.808. The number of ether oxygens (including phenoxy) is 2. The van der Waals surface area contributed by atoms with E-state index in [-0.39, 0.29) is 41.0 Å². The number of aliphatic hydroxyl groups excluding tert-OH is 1. The van der Waals surface area contributed by atoms with Crippen molar-refractivity contribution >= 4 is 5.97 Å². The molecule has 1 saturated heterocycles. The van der Waals surface area contributed by atoms with Crippen LogP contribution in [0.2, 0.25) is 0 Å². The molecule has 1 N–H and O–H groups in total. The first-order valence-corrected chi connectivity index (χ1v) is 12.4. The lowest BCUT2D eigenvalue weighted by atomic mass is 9.49. The predicted molar refractivity (Wildman–Crippen MR) is 120 cm³/mol. The van der Waals surface area contributed by atoms with E-state index in [0.717, 1.165) is 44.9 Å². The smallest absolute Gasteiger partial charge is 0.305 e. The molecule has 0 bridgehead atoms. The highest BCUT2D eigenvalue weighted by molar-refractivity contribution is 5.69. The number of rotatable bonds is 7. The van der Waals surface area contributed by atoms with Gasteiger partial charge in [-0.15, -0.1) is 0 Å². The van der Waals surface area contributed by atoms with E-state index in [0.29, 0.717) is 24.7 Å². The molecule has 4 rings (SSSR count). The molecule has 0 aromatic carbocycles. The monoisotopic (exact) mass is 448 g/mol. The molecule has 2 saturated carbocycles. The standard InChI is InChI=1S/C26H40O6/c1-6-8-16(3)31-32-18-9-11-25(4)17(13-18)14-20(27)23-19(25)10-12-26(5)21(15-29-24(23)26)30-22(28)7-2/h14,18-21,23-24,27H,3,6-13,15H2,1-2,4-5H3/t18-,19?,20-,21?,23?,24?,25-,26+/m0/s1. The van der Waals surface area contributed by atoms with Crippen LogP contribution < -0.4 is 0 Å². The number of fused-ring (bicyclic) bond motifs is 5. The minimum absolute atomic E-state index is 0.0129. The van der Waals surface area contributed by atoms with Gasteiger partial charge in [-0.3, -0.25) is 4.79 Å². The molecule has 180 valence electrons.